The second-order valence-electron chi connectivity index (χ2n) is 9.16. The molecule has 1 fully saturated rings. The highest BCUT2D eigenvalue weighted by molar-refractivity contribution is 5.91. The molecule has 3 unspecified atom stereocenters. The van der Waals surface area contributed by atoms with Crippen LogP contribution in [0.15, 0.2) is 48.5 Å². The molecule has 3 atom stereocenters. The lowest BCUT2D eigenvalue weighted by molar-refractivity contribution is 0.0734. The molecule has 162 valence electrons. The third-order valence-electron chi connectivity index (χ3n) is 6.75. The minimum atomic E-state index is -0.278. The molecule has 1 aliphatic carbocycles. The molecule has 1 saturated carbocycles. The minimum Gasteiger partial charge on any atom is -0.423 e. The van der Waals surface area contributed by atoms with E-state index in [-0.39, 0.29) is 5.97 Å². The van der Waals surface area contributed by atoms with E-state index < -0.39 is 0 Å². The van der Waals surface area contributed by atoms with E-state index >= 15 is 0 Å². The van der Waals surface area contributed by atoms with Crippen molar-refractivity contribution in [2.45, 2.75) is 84.5 Å². The minimum absolute atomic E-state index is 0.278. The number of hydrogen-bond acceptors (Lipinski definition) is 2. The summed E-state index contributed by atoms with van der Waals surface area (Å²) in [4.78, 5) is 12.6. The highest BCUT2D eigenvalue weighted by Crippen LogP contribution is 2.41. The van der Waals surface area contributed by atoms with Crippen molar-refractivity contribution >= 4 is 5.97 Å². The number of esters is 1. The Bertz CT molecular complexity index is 775. The summed E-state index contributed by atoms with van der Waals surface area (Å²) in [6.07, 6.45) is 11.4. The van der Waals surface area contributed by atoms with Gasteiger partial charge in [-0.1, -0.05) is 70.7 Å². The second kappa shape index (κ2) is 11.3. The molecule has 0 spiro atoms. The number of carbonyl (C=O) groups excluding carboxylic acids is 1. The zero-order valence-corrected chi connectivity index (χ0v) is 19.0. The fraction of sp³-hybridized carbons (Fsp3) is 0.536. The van der Waals surface area contributed by atoms with Crippen LogP contribution in [0, 0.1) is 11.8 Å². The van der Waals surface area contributed by atoms with Gasteiger partial charge in [0.1, 0.15) is 5.75 Å². The summed E-state index contributed by atoms with van der Waals surface area (Å²) in [6.45, 7) is 6.89. The zero-order valence-electron chi connectivity index (χ0n) is 19.0. The highest BCUT2D eigenvalue weighted by Gasteiger charge is 2.28. The molecule has 0 saturated heterocycles. The van der Waals surface area contributed by atoms with Crippen LogP contribution >= 0.6 is 0 Å². The number of rotatable bonds is 9. The molecule has 2 aromatic carbocycles. The number of ether oxygens (including phenoxy) is 1. The van der Waals surface area contributed by atoms with Crippen molar-refractivity contribution in [3.63, 3.8) is 0 Å². The standard InChI is InChI=1S/C28H38O2/c1-4-6-7-9-22-10-17-26(18-11-22)30-28(29)25-15-13-24(14-16-25)27-19-12-23(8-5-2)20-21(27)3/h10-11,13-18,21,23,27H,4-9,12,19-20H2,1-3H3. The molecule has 0 radical (unpaired) electrons. The first-order chi connectivity index (χ1) is 14.6. The van der Waals surface area contributed by atoms with Crippen molar-refractivity contribution in [3.05, 3.63) is 65.2 Å². The highest BCUT2D eigenvalue weighted by atomic mass is 16.5. The lowest BCUT2D eigenvalue weighted by atomic mass is 9.71. The largest absolute Gasteiger partial charge is 0.423 e. The monoisotopic (exact) mass is 406 g/mol. The van der Waals surface area contributed by atoms with E-state index in [2.05, 4.69) is 45.0 Å². The van der Waals surface area contributed by atoms with Crippen LogP contribution in [0.2, 0.25) is 0 Å². The summed E-state index contributed by atoms with van der Waals surface area (Å²) < 4.78 is 5.59. The van der Waals surface area contributed by atoms with Gasteiger partial charge in [0.15, 0.2) is 0 Å². The van der Waals surface area contributed by atoms with Crippen molar-refractivity contribution in [2.75, 3.05) is 0 Å². The molecule has 0 aliphatic heterocycles. The first kappa shape index (κ1) is 22.6. The van der Waals surface area contributed by atoms with Crippen molar-refractivity contribution < 1.29 is 9.53 Å². The van der Waals surface area contributed by atoms with Gasteiger partial charge in [0, 0.05) is 0 Å². The molecular formula is C28H38O2. The molecular weight excluding hydrogens is 368 g/mol. The van der Waals surface area contributed by atoms with Gasteiger partial charge in [-0.2, -0.15) is 0 Å². The Morgan fingerprint density at radius 1 is 0.933 bits per heavy atom. The number of hydrogen-bond donors (Lipinski definition) is 0. The summed E-state index contributed by atoms with van der Waals surface area (Å²) in [7, 11) is 0. The average Bonchev–Trinajstić information content (AvgIpc) is 2.76. The molecule has 0 bridgehead atoms. The van der Waals surface area contributed by atoms with Gasteiger partial charge in [-0.15, -0.1) is 0 Å². The van der Waals surface area contributed by atoms with Gasteiger partial charge in [-0.25, -0.2) is 4.79 Å². The van der Waals surface area contributed by atoms with Crippen LogP contribution in [0.4, 0.5) is 0 Å². The Hall–Kier alpha value is -2.09. The fourth-order valence-electron chi connectivity index (χ4n) is 5.01. The predicted molar refractivity (Wildman–Crippen MR) is 125 cm³/mol. The Morgan fingerprint density at radius 3 is 2.30 bits per heavy atom. The maximum absolute atomic E-state index is 12.6. The van der Waals surface area contributed by atoms with Gasteiger partial charge in [0.05, 0.1) is 5.56 Å². The molecule has 0 N–H and O–H groups in total. The molecule has 2 nitrogen and oxygen atoms in total. The van der Waals surface area contributed by atoms with Crippen LogP contribution in [-0.4, -0.2) is 5.97 Å². The van der Waals surface area contributed by atoms with Crippen LogP contribution in [-0.2, 0) is 6.42 Å². The number of unbranched alkanes of at least 4 members (excludes halogenated alkanes) is 2. The second-order valence-corrected chi connectivity index (χ2v) is 9.16. The molecule has 1 aliphatic rings. The summed E-state index contributed by atoms with van der Waals surface area (Å²) in [6, 6.07) is 16.1. The van der Waals surface area contributed by atoms with Crippen LogP contribution in [0.25, 0.3) is 0 Å². The van der Waals surface area contributed by atoms with E-state index in [0.717, 1.165) is 12.3 Å². The van der Waals surface area contributed by atoms with Gasteiger partial charge in [-0.3, -0.25) is 0 Å². The number of aryl methyl sites for hydroxylation is 1. The zero-order chi connectivity index (χ0) is 21.3. The van der Waals surface area contributed by atoms with E-state index in [1.807, 2.05) is 24.3 Å². The van der Waals surface area contributed by atoms with E-state index in [9.17, 15) is 4.79 Å². The Balaban J connectivity index is 1.55. The molecule has 2 heteroatoms. The first-order valence-corrected chi connectivity index (χ1v) is 12.0. The average molecular weight is 407 g/mol. The lowest BCUT2D eigenvalue weighted by Gasteiger charge is -2.34. The summed E-state index contributed by atoms with van der Waals surface area (Å²) in [5, 5.41) is 0. The van der Waals surface area contributed by atoms with Crippen LogP contribution < -0.4 is 4.74 Å². The predicted octanol–water partition coefficient (Wildman–Crippen LogP) is 7.96. The smallest absolute Gasteiger partial charge is 0.343 e. The summed E-state index contributed by atoms with van der Waals surface area (Å²) in [5.74, 6) is 2.56. The third-order valence-corrected chi connectivity index (χ3v) is 6.75. The van der Waals surface area contributed by atoms with Gasteiger partial charge < -0.3 is 4.74 Å². The van der Waals surface area contributed by atoms with Crippen LogP contribution in [0.3, 0.4) is 0 Å². The van der Waals surface area contributed by atoms with Gasteiger partial charge in [0.25, 0.3) is 0 Å². The Labute approximate surface area is 183 Å². The normalized spacial score (nSPS) is 21.4. The van der Waals surface area contributed by atoms with Gasteiger partial charge >= 0.3 is 5.97 Å². The molecule has 30 heavy (non-hydrogen) atoms. The summed E-state index contributed by atoms with van der Waals surface area (Å²) in [5.41, 5.74) is 3.29. The number of benzene rings is 2. The van der Waals surface area contributed by atoms with Crippen LogP contribution in [0.5, 0.6) is 5.75 Å². The molecule has 3 rings (SSSR count). The van der Waals surface area contributed by atoms with Gasteiger partial charge in [-0.05, 0) is 85.3 Å². The van der Waals surface area contributed by atoms with E-state index in [4.69, 9.17) is 4.74 Å². The first-order valence-electron chi connectivity index (χ1n) is 12.0. The topological polar surface area (TPSA) is 26.3 Å². The van der Waals surface area contributed by atoms with Crippen molar-refractivity contribution in [1.82, 2.24) is 0 Å². The Kier molecular flexibility index (Phi) is 8.54. The van der Waals surface area contributed by atoms with Crippen molar-refractivity contribution in [2.24, 2.45) is 11.8 Å². The third kappa shape index (κ3) is 6.20. The molecule has 0 heterocycles. The van der Waals surface area contributed by atoms with Crippen LogP contribution in [0.1, 0.15) is 99.5 Å². The maximum atomic E-state index is 12.6. The number of carbonyl (C=O) groups is 1. The van der Waals surface area contributed by atoms with Crippen molar-refractivity contribution in [3.8, 4) is 5.75 Å². The van der Waals surface area contributed by atoms with Gasteiger partial charge in [0.2, 0.25) is 0 Å². The molecule has 2 aromatic rings. The molecule has 0 amide bonds. The van der Waals surface area contributed by atoms with E-state index in [1.165, 1.54) is 62.5 Å². The summed E-state index contributed by atoms with van der Waals surface area (Å²) >= 11 is 0. The quantitative estimate of drug-likeness (QED) is 0.240. The SMILES string of the molecule is CCCCCc1ccc(OC(=O)c2ccc(C3CCC(CCC)CC3C)cc2)cc1. The van der Waals surface area contributed by atoms with E-state index in [1.54, 1.807) is 0 Å². The van der Waals surface area contributed by atoms with E-state index in [0.29, 0.717) is 23.1 Å². The fourth-order valence-corrected chi connectivity index (χ4v) is 5.01. The van der Waals surface area contributed by atoms with Crippen molar-refractivity contribution in [1.29, 1.82) is 0 Å². The molecule has 0 aromatic heterocycles. The lowest BCUT2D eigenvalue weighted by Crippen LogP contribution is -2.21. The maximum Gasteiger partial charge on any atom is 0.343 e. The Morgan fingerprint density at radius 2 is 1.67 bits per heavy atom.